The van der Waals surface area contributed by atoms with Crippen LogP contribution in [0.1, 0.15) is 6.92 Å². The molecule has 0 saturated heterocycles. The Morgan fingerprint density at radius 1 is 1.71 bits per heavy atom. The Balaban J connectivity index is 2.18. The lowest BCUT2D eigenvalue weighted by Gasteiger charge is -2.08. The lowest BCUT2D eigenvalue weighted by molar-refractivity contribution is -0.139. The van der Waals surface area contributed by atoms with Gasteiger partial charge in [-0.15, -0.1) is 11.8 Å². The highest BCUT2D eigenvalue weighted by Crippen LogP contribution is 2.11. The number of hydrogen-bond acceptors (Lipinski definition) is 4. The summed E-state index contributed by atoms with van der Waals surface area (Å²) in [6.45, 7) is 2.72. The molecule has 0 spiro atoms. The second-order valence-electron chi connectivity index (χ2n) is 2.84. The number of nitrogens with zero attached hydrogens (tertiary/aromatic N) is 2. The average molecular weight is 214 g/mol. The quantitative estimate of drug-likeness (QED) is 0.690. The second-order valence-corrected chi connectivity index (χ2v) is 4.29. The summed E-state index contributed by atoms with van der Waals surface area (Å²) >= 11 is 1.58. The van der Waals surface area contributed by atoms with Gasteiger partial charge in [0.15, 0.2) is 0 Å². The van der Waals surface area contributed by atoms with Gasteiger partial charge in [-0.05, 0) is 6.92 Å². The molecule has 78 valence electrons. The summed E-state index contributed by atoms with van der Waals surface area (Å²) in [4.78, 5) is 15.0. The maximum Gasteiger partial charge on any atom is 0.318 e. The topological polar surface area (TPSA) is 44.1 Å². The molecule has 1 aromatic rings. The number of imidazole rings is 1. The van der Waals surface area contributed by atoms with Gasteiger partial charge >= 0.3 is 5.97 Å². The molecule has 0 aliphatic heterocycles. The predicted molar refractivity (Wildman–Crippen MR) is 56.2 cm³/mol. The molecule has 0 amide bonds. The van der Waals surface area contributed by atoms with Crippen molar-refractivity contribution < 1.29 is 9.53 Å². The summed E-state index contributed by atoms with van der Waals surface area (Å²) in [6, 6.07) is 0. The van der Waals surface area contributed by atoms with E-state index in [0.717, 1.165) is 12.3 Å². The maximum absolute atomic E-state index is 11.0. The van der Waals surface area contributed by atoms with E-state index in [4.69, 9.17) is 0 Å². The molecule has 1 heterocycles. The van der Waals surface area contributed by atoms with Crippen LogP contribution in [0.3, 0.4) is 0 Å². The zero-order chi connectivity index (χ0) is 10.4. The normalized spacial score (nSPS) is 12.4. The van der Waals surface area contributed by atoms with Crippen molar-refractivity contribution in [2.45, 2.75) is 18.7 Å². The van der Waals surface area contributed by atoms with E-state index in [1.807, 2.05) is 17.7 Å². The van der Waals surface area contributed by atoms with E-state index in [9.17, 15) is 4.79 Å². The Kier molecular flexibility index (Phi) is 4.52. The van der Waals surface area contributed by atoms with Gasteiger partial charge in [0.05, 0.1) is 18.7 Å². The molecule has 5 heteroatoms. The second kappa shape index (κ2) is 5.70. The number of methoxy groups -OCH3 is 1. The van der Waals surface area contributed by atoms with Gasteiger partial charge in [0, 0.05) is 24.7 Å². The van der Waals surface area contributed by atoms with Crippen molar-refractivity contribution in [1.29, 1.82) is 0 Å². The molecule has 0 aliphatic carbocycles. The summed E-state index contributed by atoms with van der Waals surface area (Å²) < 4.78 is 6.60. The van der Waals surface area contributed by atoms with Crippen molar-refractivity contribution >= 4 is 17.7 Å². The molecule has 0 bridgehead atoms. The Bertz CT molecular complexity index is 274. The van der Waals surface area contributed by atoms with E-state index >= 15 is 0 Å². The maximum atomic E-state index is 11.0. The minimum absolute atomic E-state index is 0.0940. The fourth-order valence-electron chi connectivity index (χ4n) is 0.988. The number of carbonyl (C=O) groups excluding carboxylic acids is 1. The van der Waals surface area contributed by atoms with Gasteiger partial charge in [-0.2, -0.15) is 0 Å². The van der Waals surface area contributed by atoms with Crippen molar-refractivity contribution in [3.8, 4) is 0 Å². The van der Waals surface area contributed by atoms with Crippen LogP contribution < -0.4 is 0 Å². The van der Waals surface area contributed by atoms with Crippen molar-refractivity contribution in [3.63, 3.8) is 0 Å². The van der Waals surface area contributed by atoms with Crippen LogP contribution in [0.25, 0.3) is 0 Å². The first-order valence-corrected chi connectivity index (χ1v) is 5.44. The molecule has 0 radical (unpaired) electrons. The van der Waals surface area contributed by atoms with Crippen LogP contribution in [0.2, 0.25) is 0 Å². The third-order valence-electron chi connectivity index (χ3n) is 1.81. The minimum Gasteiger partial charge on any atom is -0.468 e. The fraction of sp³-hybridized carbons (Fsp3) is 0.556. The molecule has 0 saturated carbocycles. The van der Waals surface area contributed by atoms with Crippen LogP contribution in [0.15, 0.2) is 18.7 Å². The van der Waals surface area contributed by atoms with E-state index in [1.165, 1.54) is 7.11 Å². The molecule has 0 unspecified atom stereocenters. The van der Waals surface area contributed by atoms with Crippen molar-refractivity contribution in [3.05, 3.63) is 18.7 Å². The fourth-order valence-corrected chi connectivity index (χ4v) is 1.89. The predicted octanol–water partition coefficient (Wildman–Crippen LogP) is 1.18. The molecule has 1 aromatic heterocycles. The largest absolute Gasteiger partial charge is 0.468 e. The Labute approximate surface area is 87.7 Å². The van der Waals surface area contributed by atoms with Gasteiger partial charge < -0.3 is 9.30 Å². The molecule has 0 aromatic carbocycles. The molecule has 1 atom stereocenters. The Morgan fingerprint density at radius 2 is 2.50 bits per heavy atom. The van der Waals surface area contributed by atoms with Crippen molar-refractivity contribution in [2.24, 2.45) is 0 Å². The van der Waals surface area contributed by atoms with Crippen LogP contribution in [0, 0.1) is 0 Å². The van der Waals surface area contributed by atoms with Gasteiger partial charge in [-0.1, -0.05) is 0 Å². The van der Waals surface area contributed by atoms with Gasteiger partial charge in [-0.25, -0.2) is 4.98 Å². The third-order valence-corrected chi connectivity index (χ3v) is 2.92. The highest BCUT2D eigenvalue weighted by atomic mass is 32.2. The van der Waals surface area contributed by atoms with E-state index in [0.29, 0.717) is 0 Å². The zero-order valence-corrected chi connectivity index (χ0v) is 9.16. The standard InChI is InChI=1S/C9H14N2O2S/c1-8(9(12)13-2)14-6-5-11-4-3-10-7-11/h3-4,7-8H,5-6H2,1-2H3/t8-/m0/s1. The number of carbonyl (C=O) groups is 1. The summed E-state index contributed by atoms with van der Waals surface area (Å²) in [7, 11) is 1.41. The number of hydrogen-bond donors (Lipinski definition) is 0. The minimum atomic E-state index is -0.166. The van der Waals surface area contributed by atoms with Gasteiger partial charge in [0.1, 0.15) is 0 Å². The van der Waals surface area contributed by atoms with Crippen LogP contribution in [0.5, 0.6) is 0 Å². The summed E-state index contributed by atoms with van der Waals surface area (Å²) in [5.41, 5.74) is 0. The van der Waals surface area contributed by atoms with Crippen LogP contribution in [-0.2, 0) is 16.1 Å². The Hall–Kier alpha value is -0.970. The molecule has 0 N–H and O–H groups in total. The number of rotatable bonds is 5. The third kappa shape index (κ3) is 3.41. The molecular weight excluding hydrogens is 200 g/mol. The molecule has 4 nitrogen and oxygen atoms in total. The monoisotopic (exact) mass is 214 g/mol. The summed E-state index contributed by atoms with van der Waals surface area (Å²) in [5.74, 6) is 0.715. The van der Waals surface area contributed by atoms with Gasteiger partial charge in [-0.3, -0.25) is 4.79 Å². The number of esters is 1. The first-order valence-electron chi connectivity index (χ1n) is 4.39. The van der Waals surface area contributed by atoms with Crippen LogP contribution in [-0.4, -0.2) is 33.6 Å². The lowest BCUT2D eigenvalue weighted by atomic mass is 10.5. The SMILES string of the molecule is COC(=O)[C@H](C)SCCn1ccnc1. The molecular formula is C9H14N2O2S. The number of ether oxygens (including phenoxy) is 1. The Morgan fingerprint density at radius 3 is 3.07 bits per heavy atom. The van der Waals surface area contributed by atoms with Crippen molar-refractivity contribution in [1.82, 2.24) is 9.55 Å². The molecule has 0 aliphatic rings. The van der Waals surface area contributed by atoms with Gasteiger partial charge in [0.25, 0.3) is 0 Å². The van der Waals surface area contributed by atoms with Crippen LogP contribution in [0.4, 0.5) is 0 Å². The number of aryl methyl sites for hydroxylation is 1. The summed E-state index contributed by atoms with van der Waals surface area (Å²) in [6.07, 6.45) is 5.42. The smallest absolute Gasteiger partial charge is 0.318 e. The molecule has 1 rings (SSSR count). The number of thioether (sulfide) groups is 1. The van der Waals surface area contributed by atoms with Gasteiger partial charge in [0.2, 0.25) is 0 Å². The number of aromatic nitrogens is 2. The molecule has 0 fully saturated rings. The first kappa shape index (κ1) is 11.1. The van der Waals surface area contributed by atoms with Crippen LogP contribution >= 0.6 is 11.8 Å². The van der Waals surface area contributed by atoms with E-state index in [1.54, 1.807) is 24.3 Å². The highest BCUT2D eigenvalue weighted by molar-refractivity contribution is 8.00. The van der Waals surface area contributed by atoms with E-state index in [2.05, 4.69) is 9.72 Å². The van der Waals surface area contributed by atoms with E-state index < -0.39 is 0 Å². The first-order chi connectivity index (χ1) is 6.74. The summed E-state index contributed by atoms with van der Waals surface area (Å²) in [5, 5.41) is -0.0940. The van der Waals surface area contributed by atoms with Crippen molar-refractivity contribution in [2.75, 3.05) is 12.9 Å². The zero-order valence-electron chi connectivity index (χ0n) is 8.34. The molecule has 14 heavy (non-hydrogen) atoms. The highest BCUT2D eigenvalue weighted by Gasteiger charge is 2.12. The lowest BCUT2D eigenvalue weighted by Crippen LogP contribution is -2.16. The average Bonchev–Trinajstić information content (AvgIpc) is 2.69. The van der Waals surface area contributed by atoms with E-state index in [-0.39, 0.29) is 11.2 Å².